The molecule has 1 saturated carbocycles. The molecule has 7 nitrogen and oxygen atoms in total. The number of carbonyl (C=O) groups excluding carboxylic acids is 2. The molecule has 0 atom stereocenters. The fourth-order valence-corrected chi connectivity index (χ4v) is 3.83. The number of nitrogens with zero attached hydrogens (tertiary/aromatic N) is 3. The van der Waals surface area contributed by atoms with E-state index in [1.165, 1.54) is 11.8 Å². The van der Waals surface area contributed by atoms with Crippen LogP contribution in [0.2, 0.25) is 0 Å². The predicted molar refractivity (Wildman–Crippen MR) is 112 cm³/mol. The molecule has 0 bridgehead atoms. The van der Waals surface area contributed by atoms with Crippen molar-refractivity contribution in [3.8, 4) is 0 Å². The van der Waals surface area contributed by atoms with E-state index in [1.807, 2.05) is 18.2 Å². The number of primary amides is 1. The standard InChI is InChI=1S/C21H21N5O2S/c22-19(28)16-8-4-5-9-17(16)23-18(27)13-29-21-25-24-20(15-10-11-15)26(21)12-14-6-2-1-3-7-14/h1-9,15H,10-13H2,(H2,22,28)(H,23,27). The van der Waals surface area contributed by atoms with Crippen LogP contribution in [0.4, 0.5) is 5.69 Å². The fraction of sp³-hybridized carbons (Fsp3) is 0.238. The Hall–Kier alpha value is -3.13. The molecule has 29 heavy (non-hydrogen) atoms. The molecule has 1 aliphatic rings. The molecule has 0 aliphatic heterocycles. The van der Waals surface area contributed by atoms with Gasteiger partial charge in [-0.15, -0.1) is 10.2 Å². The third-order valence-electron chi connectivity index (χ3n) is 4.67. The lowest BCUT2D eigenvalue weighted by molar-refractivity contribution is -0.113. The predicted octanol–water partition coefficient (Wildman–Crippen LogP) is 3.03. The van der Waals surface area contributed by atoms with Gasteiger partial charge in [0.15, 0.2) is 5.16 Å². The summed E-state index contributed by atoms with van der Waals surface area (Å²) in [5.41, 5.74) is 7.23. The number of hydrogen-bond donors (Lipinski definition) is 2. The van der Waals surface area contributed by atoms with E-state index in [-0.39, 0.29) is 17.2 Å². The van der Waals surface area contributed by atoms with Crippen LogP contribution in [0.15, 0.2) is 59.8 Å². The number of rotatable bonds is 8. The number of anilines is 1. The van der Waals surface area contributed by atoms with E-state index in [0.29, 0.717) is 23.3 Å². The first-order valence-corrected chi connectivity index (χ1v) is 10.4. The van der Waals surface area contributed by atoms with Crippen LogP contribution in [0.3, 0.4) is 0 Å². The van der Waals surface area contributed by atoms with E-state index in [9.17, 15) is 9.59 Å². The van der Waals surface area contributed by atoms with Crippen LogP contribution >= 0.6 is 11.8 Å². The van der Waals surface area contributed by atoms with Crippen LogP contribution in [0, 0.1) is 0 Å². The largest absolute Gasteiger partial charge is 0.366 e. The van der Waals surface area contributed by atoms with Gasteiger partial charge in [0.1, 0.15) is 5.82 Å². The lowest BCUT2D eigenvalue weighted by Gasteiger charge is -2.11. The first kappa shape index (κ1) is 19.2. The molecule has 0 saturated heterocycles. The Kier molecular flexibility index (Phi) is 5.62. The molecule has 3 aromatic rings. The lowest BCUT2D eigenvalue weighted by Crippen LogP contribution is -2.19. The number of benzene rings is 2. The molecule has 0 unspecified atom stereocenters. The van der Waals surface area contributed by atoms with Crippen molar-refractivity contribution in [1.29, 1.82) is 0 Å². The van der Waals surface area contributed by atoms with Crippen molar-refractivity contribution in [2.45, 2.75) is 30.5 Å². The summed E-state index contributed by atoms with van der Waals surface area (Å²) in [5.74, 6) is 0.786. The zero-order chi connectivity index (χ0) is 20.2. The number of carbonyl (C=O) groups is 2. The van der Waals surface area contributed by atoms with Gasteiger partial charge in [-0.1, -0.05) is 54.2 Å². The summed E-state index contributed by atoms with van der Waals surface area (Å²) in [7, 11) is 0. The van der Waals surface area contributed by atoms with Gasteiger partial charge in [-0.3, -0.25) is 9.59 Å². The molecule has 1 aliphatic carbocycles. The van der Waals surface area contributed by atoms with E-state index in [0.717, 1.165) is 24.2 Å². The minimum atomic E-state index is -0.578. The summed E-state index contributed by atoms with van der Waals surface area (Å²) in [6.45, 7) is 0.675. The van der Waals surface area contributed by atoms with Crippen LogP contribution in [0.5, 0.6) is 0 Å². The second-order valence-corrected chi connectivity index (χ2v) is 7.88. The number of hydrogen-bond acceptors (Lipinski definition) is 5. The number of nitrogens with one attached hydrogen (secondary N) is 1. The Morgan fingerprint density at radius 2 is 1.79 bits per heavy atom. The maximum Gasteiger partial charge on any atom is 0.250 e. The quantitative estimate of drug-likeness (QED) is 0.559. The molecule has 2 aromatic carbocycles. The van der Waals surface area contributed by atoms with Crippen LogP contribution in [-0.4, -0.2) is 32.3 Å². The Morgan fingerprint density at radius 1 is 1.07 bits per heavy atom. The Morgan fingerprint density at radius 3 is 2.52 bits per heavy atom. The Balaban J connectivity index is 1.46. The molecule has 1 fully saturated rings. The number of nitrogens with two attached hydrogens (primary N) is 1. The average molecular weight is 407 g/mol. The topological polar surface area (TPSA) is 103 Å². The molecule has 1 heterocycles. The van der Waals surface area contributed by atoms with Gasteiger partial charge in [0, 0.05) is 5.92 Å². The highest BCUT2D eigenvalue weighted by Crippen LogP contribution is 2.40. The van der Waals surface area contributed by atoms with Crippen LogP contribution in [0.25, 0.3) is 0 Å². The second-order valence-electron chi connectivity index (χ2n) is 6.93. The van der Waals surface area contributed by atoms with Gasteiger partial charge in [0.05, 0.1) is 23.5 Å². The first-order valence-electron chi connectivity index (χ1n) is 9.40. The van der Waals surface area contributed by atoms with Gasteiger partial charge in [0.2, 0.25) is 5.91 Å². The number of para-hydroxylation sites is 1. The van der Waals surface area contributed by atoms with Gasteiger partial charge >= 0.3 is 0 Å². The van der Waals surface area contributed by atoms with E-state index in [1.54, 1.807) is 24.3 Å². The minimum Gasteiger partial charge on any atom is -0.366 e. The van der Waals surface area contributed by atoms with Crippen molar-refractivity contribution in [3.05, 3.63) is 71.5 Å². The SMILES string of the molecule is NC(=O)c1ccccc1NC(=O)CSc1nnc(C2CC2)n1Cc1ccccc1. The van der Waals surface area contributed by atoms with Gasteiger partial charge in [-0.2, -0.15) is 0 Å². The number of amides is 2. The van der Waals surface area contributed by atoms with Gasteiger partial charge in [-0.25, -0.2) is 0 Å². The van der Waals surface area contributed by atoms with Crippen LogP contribution in [-0.2, 0) is 11.3 Å². The van der Waals surface area contributed by atoms with Crippen molar-refractivity contribution in [3.63, 3.8) is 0 Å². The highest BCUT2D eigenvalue weighted by Gasteiger charge is 2.30. The lowest BCUT2D eigenvalue weighted by atomic mass is 10.1. The molecular formula is C21H21N5O2S. The number of thioether (sulfide) groups is 1. The zero-order valence-electron chi connectivity index (χ0n) is 15.7. The summed E-state index contributed by atoms with van der Waals surface area (Å²) in [5, 5.41) is 12.2. The summed E-state index contributed by atoms with van der Waals surface area (Å²) in [6, 6.07) is 16.8. The molecule has 148 valence electrons. The van der Waals surface area contributed by atoms with Gasteiger partial charge in [0.25, 0.3) is 5.91 Å². The molecule has 8 heteroatoms. The third-order valence-corrected chi connectivity index (χ3v) is 5.64. The summed E-state index contributed by atoms with van der Waals surface area (Å²) >= 11 is 1.34. The Labute approximate surface area is 172 Å². The maximum atomic E-state index is 12.4. The van der Waals surface area contributed by atoms with Crippen molar-refractivity contribution in [2.75, 3.05) is 11.1 Å². The molecule has 0 radical (unpaired) electrons. The smallest absolute Gasteiger partial charge is 0.250 e. The maximum absolute atomic E-state index is 12.4. The summed E-state index contributed by atoms with van der Waals surface area (Å²) in [6.07, 6.45) is 2.25. The Bertz CT molecular complexity index is 1030. The summed E-state index contributed by atoms with van der Waals surface area (Å²) in [4.78, 5) is 24.0. The molecule has 2 amide bonds. The van der Waals surface area contributed by atoms with E-state index in [2.05, 4.69) is 32.2 Å². The monoisotopic (exact) mass is 407 g/mol. The zero-order valence-corrected chi connectivity index (χ0v) is 16.6. The second kappa shape index (κ2) is 8.48. The van der Waals surface area contributed by atoms with Crippen molar-refractivity contribution in [1.82, 2.24) is 14.8 Å². The molecule has 1 aromatic heterocycles. The van der Waals surface area contributed by atoms with Crippen molar-refractivity contribution in [2.24, 2.45) is 5.73 Å². The van der Waals surface area contributed by atoms with Gasteiger partial charge < -0.3 is 15.6 Å². The van der Waals surface area contributed by atoms with E-state index < -0.39 is 5.91 Å². The fourth-order valence-electron chi connectivity index (χ4n) is 3.09. The van der Waals surface area contributed by atoms with Crippen LogP contribution in [0.1, 0.15) is 40.5 Å². The van der Waals surface area contributed by atoms with Crippen molar-refractivity contribution >= 4 is 29.3 Å². The summed E-state index contributed by atoms with van der Waals surface area (Å²) < 4.78 is 2.10. The molecule has 4 rings (SSSR count). The highest BCUT2D eigenvalue weighted by molar-refractivity contribution is 7.99. The number of aromatic nitrogens is 3. The van der Waals surface area contributed by atoms with E-state index >= 15 is 0 Å². The van der Waals surface area contributed by atoms with Gasteiger partial charge in [-0.05, 0) is 30.5 Å². The van der Waals surface area contributed by atoms with Crippen LogP contribution < -0.4 is 11.1 Å². The van der Waals surface area contributed by atoms with Crippen molar-refractivity contribution < 1.29 is 9.59 Å². The minimum absolute atomic E-state index is 0.157. The first-order chi connectivity index (χ1) is 14.1. The molecule has 3 N–H and O–H groups in total. The average Bonchev–Trinajstić information content (AvgIpc) is 3.49. The molecular weight excluding hydrogens is 386 g/mol. The molecule has 0 spiro atoms. The normalized spacial score (nSPS) is 13.2. The third kappa shape index (κ3) is 4.65. The van der Waals surface area contributed by atoms with E-state index in [4.69, 9.17) is 5.73 Å². The highest BCUT2D eigenvalue weighted by atomic mass is 32.2.